The van der Waals surface area contributed by atoms with E-state index in [2.05, 4.69) is 16.5 Å². The van der Waals surface area contributed by atoms with Crippen LogP contribution in [0, 0.1) is 5.92 Å². The number of hydrogen-bond donors (Lipinski definition) is 2. The number of β-amino-alcohol motifs (C(OH)–C–C–N with tert-alkyl or cyclic N) is 1. The minimum Gasteiger partial charge on any atom is -0.390 e. The molecular formula is C13H26N2O3S. The number of aliphatic hydroxyl groups is 1. The molecule has 1 saturated heterocycles. The fourth-order valence-corrected chi connectivity index (χ4v) is 3.12. The average molecular weight is 290 g/mol. The lowest BCUT2D eigenvalue weighted by Crippen LogP contribution is -2.43. The molecule has 1 fully saturated rings. The number of piperidine rings is 1. The molecule has 1 aliphatic rings. The first-order valence-electron chi connectivity index (χ1n) is 6.92. The second-order valence-electron chi connectivity index (χ2n) is 5.34. The van der Waals surface area contributed by atoms with E-state index in [0.717, 1.165) is 31.8 Å². The summed E-state index contributed by atoms with van der Waals surface area (Å²) >= 11 is 0. The van der Waals surface area contributed by atoms with Crippen molar-refractivity contribution in [2.45, 2.75) is 32.8 Å². The Bertz CT molecular complexity index is 373. The van der Waals surface area contributed by atoms with Crippen molar-refractivity contribution in [3.63, 3.8) is 0 Å². The van der Waals surface area contributed by atoms with Gasteiger partial charge in [0, 0.05) is 13.1 Å². The van der Waals surface area contributed by atoms with Crippen LogP contribution in [-0.2, 0) is 10.0 Å². The summed E-state index contributed by atoms with van der Waals surface area (Å²) in [4.78, 5) is 2.20. The summed E-state index contributed by atoms with van der Waals surface area (Å²) in [6.07, 6.45) is 4.94. The van der Waals surface area contributed by atoms with Crippen LogP contribution >= 0.6 is 0 Å². The molecule has 0 bridgehead atoms. The van der Waals surface area contributed by atoms with E-state index in [-0.39, 0.29) is 12.3 Å². The smallest absolute Gasteiger partial charge is 0.215 e. The Kier molecular flexibility index (Phi) is 6.99. The van der Waals surface area contributed by atoms with E-state index in [1.807, 2.05) is 0 Å². The molecule has 0 aliphatic carbocycles. The summed E-state index contributed by atoms with van der Waals surface area (Å²) in [5.74, 6) is 0.727. The molecule has 0 aromatic rings. The van der Waals surface area contributed by atoms with Crippen LogP contribution in [-0.4, -0.2) is 56.5 Å². The van der Waals surface area contributed by atoms with Crippen LogP contribution in [0.3, 0.4) is 0 Å². The molecule has 2 N–H and O–H groups in total. The molecule has 1 aliphatic heterocycles. The van der Waals surface area contributed by atoms with Crippen LogP contribution in [0.2, 0.25) is 0 Å². The van der Waals surface area contributed by atoms with Gasteiger partial charge in [-0.05, 0) is 38.8 Å². The highest BCUT2D eigenvalue weighted by Gasteiger charge is 2.19. The number of allylic oxidation sites excluding steroid dienone is 1. The van der Waals surface area contributed by atoms with E-state index in [0.29, 0.717) is 6.54 Å². The van der Waals surface area contributed by atoms with Crippen molar-refractivity contribution in [3.05, 3.63) is 12.2 Å². The lowest BCUT2D eigenvalue weighted by atomic mass is 9.99. The highest BCUT2D eigenvalue weighted by atomic mass is 32.2. The molecule has 5 nitrogen and oxygen atoms in total. The van der Waals surface area contributed by atoms with E-state index < -0.39 is 16.1 Å². The number of aliphatic hydroxyl groups excluding tert-OH is 1. The lowest BCUT2D eigenvalue weighted by molar-refractivity contribution is 0.0942. The van der Waals surface area contributed by atoms with E-state index in [1.165, 1.54) is 0 Å². The van der Waals surface area contributed by atoms with Gasteiger partial charge < -0.3 is 10.0 Å². The van der Waals surface area contributed by atoms with Crippen LogP contribution in [0.1, 0.15) is 26.7 Å². The average Bonchev–Trinajstić information content (AvgIpc) is 2.37. The zero-order valence-corrected chi connectivity index (χ0v) is 12.7. The molecule has 6 heteroatoms. The Morgan fingerprint density at radius 3 is 2.63 bits per heavy atom. The van der Waals surface area contributed by atoms with Gasteiger partial charge in [0.15, 0.2) is 0 Å². The molecule has 1 unspecified atom stereocenters. The highest BCUT2D eigenvalue weighted by molar-refractivity contribution is 7.89. The first-order valence-corrected chi connectivity index (χ1v) is 8.57. The maximum absolute atomic E-state index is 11.5. The van der Waals surface area contributed by atoms with Crippen molar-refractivity contribution >= 4 is 10.0 Å². The fraction of sp³-hybridized carbons (Fsp3) is 0.846. The molecule has 112 valence electrons. The van der Waals surface area contributed by atoms with E-state index >= 15 is 0 Å². The van der Waals surface area contributed by atoms with Crippen molar-refractivity contribution in [3.8, 4) is 0 Å². The molecule has 19 heavy (non-hydrogen) atoms. The Morgan fingerprint density at radius 2 is 2.05 bits per heavy atom. The quantitative estimate of drug-likeness (QED) is 0.673. The number of rotatable bonds is 7. The van der Waals surface area contributed by atoms with Crippen LogP contribution in [0.5, 0.6) is 0 Å². The largest absolute Gasteiger partial charge is 0.390 e. The zero-order valence-electron chi connectivity index (χ0n) is 11.9. The standard InChI is InChI=1S/C13H26N2O3S/c1-3-4-9-19(17,18)14-10-13(16)11-15-7-5-12(2)6-8-15/h3-4,12-14,16H,5-11H2,1-2H3/b4-3+. The number of likely N-dealkylation sites (tertiary alicyclic amines) is 1. The molecule has 1 atom stereocenters. The van der Waals surface area contributed by atoms with Gasteiger partial charge in [-0.25, -0.2) is 13.1 Å². The molecular weight excluding hydrogens is 264 g/mol. The summed E-state index contributed by atoms with van der Waals surface area (Å²) in [6.45, 7) is 6.63. The van der Waals surface area contributed by atoms with Crippen molar-refractivity contribution < 1.29 is 13.5 Å². The van der Waals surface area contributed by atoms with Gasteiger partial charge in [0.2, 0.25) is 10.0 Å². The molecule has 1 heterocycles. The van der Waals surface area contributed by atoms with Crippen LogP contribution in [0.4, 0.5) is 0 Å². The van der Waals surface area contributed by atoms with Gasteiger partial charge in [-0.15, -0.1) is 0 Å². The maximum atomic E-state index is 11.5. The Labute approximate surface area is 116 Å². The van der Waals surface area contributed by atoms with Crippen molar-refractivity contribution in [2.24, 2.45) is 5.92 Å². The van der Waals surface area contributed by atoms with Gasteiger partial charge in [-0.3, -0.25) is 0 Å². The summed E-state index contributed by atoms with van der Waals surface area (Å²) in [7, 11) is -3.30. The Hall–Kier alpha value is -0.430. The van der Waals surface area contributed by atoms with Crippen LogP contribution < -0.4 is 4.72 Å². The molecule has 0 amide bonds. The number of nitrogens with zero attached hydrogens (tertiary/aromatic N) is 1. The molecule has 0 saturated carbocycles. The third-order valence-electron chi connectivity index (χ3n) is 3.44. The number of hydrogen-bond acceptors (Lipinski definition) is 4. The third kappa shape index (κ3) is 7.06. The lowest BCUT2D eigenvalue weighted by Gasteiger charge is -2.31. The summed E-state index contributed by atoms with van der Waals surface area (Å²) in [6, 6.07) is 0. The number of sulfonamides is 1. The topological polar surface area (TPSA) is 69.6 Å². The molecule has 0 aromatic heterocycles. The Balaban J connectivity index is 2.26. The molecule has 0 radical (unpaired) electrons. The predicted molar refractivity (Wildman–Crippen MR) is 77.4 cm³/mol. The second-order valence-corrected chi connectivity index (χ2v) is 7.19. The van der Waals surface area contributed by atoms with Gasteiger partial charge in [-0.2, -0.15) is 0 Å². The van der Waals surface area contributed by atoms with Gasteiger partial charge in [-0.1, -0.05) is 19.1 Å². The van der Waals surface area contributed by atoms with E-state index in [1.54, 1.807) is 19.1 Å². The summed E-state index contributed by atoms with van der Waals surface area (Å²) < 4.78 is 25.5. The highest BCUT2D eigenvalue weighted by Crippen LogP contribution is 2.15. The van der Waals surface area contributed by atoms with E-state index in [4.69, 9.17) is 0 Å². The fourth-order valence-electron chi connectivity index (χ4n) is 2.11. The van der Waals surface area contributed by atoms with Gasteiger partial charge in [0.1, 0.15) is 0 Å². The molecule has 0 spiro atoms. The normalized spacial score (nSPS) is 21.0. The second kappa shape index (κ2) is 7.99. The van der Waals surface area contributed by atoms with Gasteiger partial charge >= 0.3 is 0 Å². The zero-order chi connectivity index (χ0) is 14.3. The number of nitrogens with one attached hydrogen (secondary N) is 1. The Morgan fingerprint density at radius 1 is 1.42 bits per heavy atom. The minimum absolute atomic E-state index is 0.0303. The van der Waals surface area contributed by atoms with Gasteiger partial charge in [0.05, 0.1) is 11.9 Å². The molecule has 0 aromatic carbocycles. The third-order valence-corrected chi connectivity index (χ3v) is 4.67. The van der Waals surface area contributed by atoms with Crippen LogP contribution in [0.15, 0.2) is 12.2 Å². The van der Waals surface area contributed by atoms with Gasteiger partial charge in [0.25, 0.3) is 0 Å². The van der Waals surface area contributed by atoms with Crippen molar-refractivity contribution in [1.29, 1.82) is 0 Å². The first kappa shape index (κ1) is 16.6. The monoisotopic (exact) mass is 290 g/mol. The maximum Gasteiger partial charge on any atom is 0.215 e. The SMILES string of the molecule is C/C=C/CS(=O)(=O)NCC(O)CN1CCC(C)CC1. The van der Waals surface area contributed by atoms with E-state index in [9.17, 15) is 13.5 Å². The summed E-state index contributed by atoms with van der Waals surface area (Å²) in [5.41, 5.74) is 0. The van der Waals surface area contributed by atoms with Crippen LogP contribution in [0.25, 0.3) is 0 Å². The van der Waals surface area contributed by atoms with Crippen molar-refractivity contribution in [2.75, 3.05) is 31.9 Å². The molecule has 1 rings (SSSR count). The first-order chi connectivity index (χ1) is 8.93. The van der Waals surface area contributed by atoms with Crippen molar-refractivity contribution in [1.82, 2.24) is 9.62 Å². The summed E-state index contributed by atoms with van der Waals surface area (Å²) in [5, 5.41) is 9.87. The minimum atomic E-state index is -3.30. The predicted octanol–water partition coefficient (Wildman–Crippen LogP) is 0.575.